The van der Waals surface area contributed by atoms with Crippen LogP contribution in [-0.4, -0.2) is 49.6 Å². The molecule has 0 aliphatic heterocycles. The molecule has 2 rings (SSSR count). The Morgan fingerprint density at radius 3 is 2.12 bits per heavy atom. The van der Waals surface area contributed by atoms with E-state index in [-0.39, 0.29) is 23.8 Å². The van der Waals surface area contributed by atoms with Gasteiger partial charge in [0.05, 0.1) is 5.56 Å². The lowest BCUT2D eigenvalue weighted by molar-refractivity contribution is -0.133. The van der Waals surface area contributed by atoms with E-state index in [1.807, 2.05) is 43.3 Å². The molecule has 0 bridgehead atoms. The number of anilines is 1. The summed E-state index contributed by atoms with van der Waals surface area (Å²) in [6, 6.07) is 13.6. The molecule has 0 aliphatic rings. The molecule has 132 valence electrons. The maximum absolute atomic E-state index is 12.1. The first-order valence-electron chi connectivity index (χ1n) is 7.83. The van der Waals surface area contributed by atoms with Gasteiger partial charge in [0.2, 0.25) is 0 Å². The Labute approximate surface area is 147 Å². The van der Waals surface area contributed by atoms with Gasteiger partial charge in [-0.1, -0.05) is 12.1 Å². The van der Waals surface area contributed by atoms with E-state index in [9.17, 15) is 14.7 Å². The number of nitrogens with zero attached hydrogens (tertiary/aromatic N) is 2. The van der Waals surface area contributed by atoms with Crippen LogP contribution in [-0.2, 0) is 16.1 Å². The van der Waals surface area contributed by atoms with Crippen LogP contribution in [0.1, 0.15) is 15.9 Å². The zero-order valence-electron chi connectivity index (χ0n) is 14.6. The predicted octanol–water partition coefficient (Wildman–Crippen LogP) is 2.27. The molecule has 0 aromatic heterocycles. The quantitative estimate of drug-likeness (QED) is 0.816. The maximum atomic E-state index is 12.1. The fourth-order valence-electron chi connectivity index (χ4n) is 2.18. The van der Waals surface area contributed by atoms with Crippen molar-refractivity contribution in [3.8, 4) is 5.75 Å². The van der Waals surface area contributed by atoms with Crippen molar-refractivity contribution in [3.63, 3.8) is 0 Å². The van der Waals surface area contributed by atoms with Crippen LogP contribution in [0.15, 0.2) is 48.5 Å². The summed E-state index contributed by atoms with van der Waals surface area (Å²) >= 11 is 0. The van der Waals surface area contributed by atoms with Gasteiger partial charge in [-0.15, -0.1) is 0 Å². The third-order valence-electron chi connectivity index (χ3n) is 3.73. The van der Waals surface area contributed by atoms with Crippen molar-refractivity contribution in [1.82, 2.24) is 4.90 Å². The number of aromatic hydroxyl groups is 1. The number of hydrogen-bond donors (Lipinski definition) is 1. The molecule has 6 heteroatoms. The van der Waals surface area contributed by atoms with Crippen molar-refractivity contribution < 1.29 is 19.4 Å². The number of carbonyl (C=O) groups excluding carboxylic acids is 2. The van der Waals surface area contributed by atoms with Crippen molar-refractivity contribution in [1.29, 1.82) is 0 Å². The summed E-state index contributed by atoms with van der Waals surface area (Å²) in [5, 5.41) is 9.20. The van der Waals surface area contributed by atoms with Crippen LogP contribution in [0.25, 0.3) is 0 Å². The monoisotopic (exact) mass is 342 g/mol. The van der Waals surface area contributed by atoms with E-state index in [2.05, 4.69) is 0 Å². The molecule has 0 unspecified atom stereocenters. The number of phenols is 1. The highest BCUT2D eigenvalue weighted by atomic mass is 16.5. The van der Waals surface area contributed by atoms with E-state index in [0.717, 1.165) is 11.3 Å². The smallest absolute Gasteiger partial charge is 0.338 e. The SMILES string of the molecule is CN(Cc1ccc(N(C)C)cc1)C(=O)COC(=O)c1ccc(O)cc1. The molecule has 0 fully saturated rings. The number of hydrogen-bond acceptors (Lipinski definition) is 5. The van der Waals surface area contributed by atoms with Crippen molar-refractivity contribution in [2.75, 3.05) is 32.6 Å². The topological polar surface area (TPSA) is 70.1 Å². The number of rotatable bonds is 6. The lowest BCUT2D eigenvalue weighted by atomic mass is 10.2. The Hall–Kier alpha value is -3.02. The Kier molecular flexibility index (Phi) is 6.00. The zero-order valence-corrected chi connectivity index (χ0v) is 14.6. The van der Waals surface area contributed by atoms with E-state index in [0.29, 0.717) is 6.54 Å². The van der Waals surface area contributed by atoms with Crippen LogP contribution in [0.4, 0.5) is 5.69 Å². The van der Waals surface area contributed by atoms with E-state index in [1.165, 1.54) is 29.2 Å². The molecule has 0 saturated carbocycles. The van der Waals surface area contributed by atoms with Crippen LogP contribution in [0, 0.1) is 0 Å². The highest BCUT2D eigenvalue weighted by Gasteiger charge is 2.14. The summed E-state index contributed by atoms with van der Waals surface area (Å²) in [5.41, 5.74) is 2.36. The van der Waals surface area contributed by atoms with Crippen LogP contribution < -0.4 is 4.90 Å². The lowest BCUT2D eigenvalue weighted by Crippen LogP contribution is -2.30. The lowest BCUT2D eigenvalue weighted by Gasteiger charge is -2.18. The summed E-state index contributed by atoms with van der Waals surface area (Å²) in [5.74, 6) is -0.825. The van der Waals surface area contributed by atoms with Crippen LogP contribution >= 0.6 is 0 Å². The van der Waals surface area contributed by atoms with Crippen LogP contribution in [0.5, 0.6) is 5.75 Å². The second-order valence-corrected chi connectivity index (χ2v) is 5.93. The molecule has 0 aliphatic carbocycles. The van der Waals surface area contributed by atoms with Crippen molar-refractivity contribution >= 4 is 17.6 Å². The Balaban J connectivity index is 1.85. The first kappa shape index (κ1) is 18.3. The molecule has 2 aromatic carbocycles. The molecule has 25 heavy (non-hydrogen) atoms. The molecule has 1 amide bonds. The highest BCUT2D eigenvalue weighted by molar-refractivity contribution is 5.91. The number of benzene rings is 2. The van der Waals surface area contributed by atoms with Crippen LogP contribution in [0.3, 0.4) is 0 Å². The Morgan fingerprint density at radius 1 is 0.960 bits per heavy atom. The minimum atomic E-state index is -0.600. The predicted molar refractivity (Wildman–Crippen MR) is 95.6 cm³/mol. The maximum Gasteiger partial charge on any atom is 0.338 e. The molecular formula is C19H22N2O4. The third-order valence-corrected chi connectivity index (χ3v) is 3.73. The summed E-state index contributed by atoms with van der Waals surface area (Å²) in [6.45, 7) is 0.106. The van der Waals surface area contributed by atoms with Gasteiger partial charge >= 0.3 is 5.97 Å². The van der Waals surface area contributed by atoms with E-state index in [1.54, 1.807) is 7.05 Å². The molecule has 0 atom stereocenters. The third kappa shape index (κ3) is 5.24. The number of ether oxygens (including phenoxy) is 1. The first-order valence-corrected chi connectivity index (χ1v) is 7.83. The average molecular weight is 342 g/mol. The molecule has 0 saturated heterocycles. The second kappa shape index (κ2) is 8.19. The van der Waals surface area contributed by atoms with E-state index in [4.69, 9.17) is 4.74 Å². The van der Waals surface area contributed by atoms with Crippen LogP contribution in [0.2, 0.25) is 0 Å². The first-order chi connectivity index (χ1) is 11.9. The van der Waals surface area contributed by atoms with Gasteiger partial charge < -0.3 is 19.6 Å². The number of esters is 1. The van der Waals surface area contributed by atoms with E-state index < -0.39 is 5.97 Å². The summed E-state index contributed by atoms with van der Waals surface area (Å²) in [4.78, 5) is 27.5. The largest absolute Gasteiger partial charge is 0.508 e. The fourth-order valence-corrected chi connectivity index (χ4v) is 2.18. The summed E-state index contributed by atoms with van der Waals surface area (Å²) in [7, 11) is 5.59. The van der Waals surface area contributed by atoms with Crippen molar-refractivity contribution in [3.05, 3.63) is 59.7 Å². The van der Waals surface area contributed by atoms with Crippen molar-refractivity contribution in [2.45, 2.75) is 6.54 Å². The average Bonchev–Trinajstić information content (AvgIpc) is 2.60. The minimum absolute atomic E-state index is 0.0626. The molecule has 6 nitrogen and oxygen atoms in total. The zero-order chi connectivity index (χ0) is 18.4. The Morgan fingerprint density at radius 2 is 1.56 bits per heavy atom. The normalized spacial score (nSPS) is 10.2. The summed E-state index contributed by atoms with van der Waals surface area (Å²) < 4.78 is 5.02. The number of likely N-dealkylation sites (N-methyl/N-ethyl adjacent to an activating group) is 1. The van der Waals surface area contributed by atoms with Gasteiger partial charge in [0.25, 0.3) is 5.91 Å². The van der Waals surface area contributed by atoms with Gasteiger partial charge in [0.15, 0.2) is 6.61 Å². The second-order valence-electron chi connectivity index (χ2n) is 5.93. The van der Waals surface area contributed by atoms with Gasteiger partial charge in [-0.05, 0) is 42.0 Å². The molecular weight excluding hydrogens is 320 g/mol. The standard InChI is InChI=1S/C19H22N2O4/c1-20(2)16-8-4-14(5-9-16)12-21(3)18(23)13-25-19(24)15-6-10-17(22)11-7-15/h4-11,22H,12-13H2,1-3H3. The Bertz CT molecular complexity index is 724. The molecule has 0 spiro atoms. The van der Waals surface area contributed by atoms with Gasteiger partial charge in [-0.3, -0.25) is 4.79 Å². The number of phenolic OH excluding ortho intramolecular Hbond substituents is 1. The van der Waals surface area contributed by atoms with E-state index >= 15 is 0 Å². The van der Waals surface area contributed by atoms with Gasteiger partial charge in [-0.2, -0.15) is 0 Å². The van der Waals surface area contributed by atoms with Gasteiger partial charge in [-0.25, -0.2) is 4.79 Å². The molecule has 0 radical (unpaired) electrons. The molecule has 0 heterocycles. The molecule has 1 N–H and O–H groups in total. The highest BCUT2D eigenvalue weighted by Crippen LogP contribution is 2.14. The minimum Gasteiger partial charge on any atom is -0.508 e. The fraction of sp³-hybridized carbons (Fsp3) is 0.263. The molecule has 2 aromatic rings. The van der Waals surface area contributed by atoms with Gasteiger partial charge in [0.1, 0.15) is 5.75 Å². The van der Waals surface area contributed by atoms with Crippen molar-refractivity contribution in [2.24, 2.45) is 0 Å². The summed E-state index contributed by atoms with van der Waals surface area (Å²) in [6.07, 6.45) is 0. The number of amides is 1. The van der Waals surface area contributed by atoms with Gasteiger partial charge in [0, 0.05) is 33.4 Å². The number of carbonyl (C=O) groups is 2.